The maximum Gasteiger partial charge on any atom is 0.319 e. The summed E-state index contributed by atoms with van der Waals surface area (Å²) in [5.74, 6) is 0. The van der Waals surface area contributed by atoms with Crippen LogP contribution in [0.1, 0.15) is 83.6 Å². The van der Waals surface area contributed by atoms with Crippen LogP contribution in [0.5, 0.6) is 0 Å². The van der Waals surface area contributed by atoms with Crippen LogP contribution in [0.3, 0.4) is 0 Å². The highest BCUT2D eigenvalue weighted by Gasteiger charge is 2.01. The minimum atomic E-state index is -0.0979. The van der Waals surface area contributed by atoms with Gasteiger partial charge in [-0.3, -0.25) is 0 Å². The van der Waals surface area contributed by atoms with E-state index in [0.717, 1.165) is 25.1 Å². The summed E-state index contributed by atoms with van der Waals surface area (Å²) >= 11 is 0. The maximum atomic E-state index is 11.9. The number of aryl methyl sites for hydroxylation is 1. The Bertz CT molecular complexity index is 428. The largest absolute Gasteiger partial charge is 0.338 e. The van der Waals surface area contributed by atoms with Crippen molar-refractivity contribution in [3.05, 3.63) is 29.8 Å². The lowest BCUT2D eigenvalue weighted by molar-refractivity contribution is 0.252. The topological polar surface area (TPSA) is 41.1 Å². The Morgan fingerprint density at radius 3 is 2.04 bits per heavy atom. The van der Waals surface area contributed by atoms with E-state index in [1.54, 1.807) is 0 Å². The van der Waals surface area contributed by atoms with Crippen LogP contribution in [0.15, 0.2) is 24.3 Å². The first-order valence-electron chi connectivity index (χ1n) is 9.90. The van der Waals surface area contributed by atoms with Crippen molar-refractivity contribution in [2.75, 3.05) is 11.9 Å². The number of anilines is 1. The molecule has 0 atom stereocenters. The number of hydrogen-bond donors (Lipinski definition) is 2. The predicted molar refractivity (Wildman–Crippen MR) is 105 cm³/mol. The van der Waals surface area contributed by atoms with E-state index in [0.29, 0.717) is 0 Å². The SMILES string of the molecule is CCCCCCCCNC(=O)Nc1ccc(CCCCCC)cc1. The number of rotatable bonds is 13. The van der Waals surface area contributed by atoms with Crippen LogP contribution in [-0.4, -0.2) is 12.6 Å². The van der Waals surface area contributed by atoms with E-state index in [1.807, 2.05) is 12.1 Å². The quantitative estimate of drug-likeness (QED) is 0.409. The lowest BCUT2D eigenvalue weighted by atomic mass is 10.1. The molecule has 2 N–H and O–H groups in total. The van der Waals surface area contributed by atoms with E-state index in [4.69, 9.17) is 0 Å². The van der Waals surface area contributed by atoms with Crippen molar-refractivity contribution in [1.29, 1.82) is 0 Å². The molecule has 0 bridgehead atoms. The van der Waals surface area contributed by atoms with Gasteiger partial charge < -0.3 is 10.6 Å². The first kappa shape index (κ1) is 20.5. The first-order valence-corrected chi connectivity index (χ1v) is 9.90. The fourth-order valence-electron chi connectivity index (χ4n) is 2.79. The van der Waals surface area contributed by atoms with Crippen LogP contribution in [0.4, 0.5) is 10.5 Å². The van der Waals surface area contributed by atoms with Gasteiger partial charge in [-0.15, -0.1) is 0 Å². The van der Waals surface area contributed by atoms with Gasteiger partial charge in [-0.1, -0.05) is 77.3 Å². The number of benzene rings is 1. The van der Waals surface area contributed by atoms with E-state index in [9.17, 15) is 4.79 Å². The molecule has 0 aliphatic rings. The molecule has 0 spiro atoms. The van der Waals surface area contributed by atoms with Crippen molar-refractivity contribution in [1.82, 2.24) is 5.32 Å². The summed E-state index contributed by atoms with van der Waals surface area (Å²) in [7, 11) is 0. The smallest absolute Gasteiger partial charge is 0.319 e. The van der Waals surface area contributed by atoms with E-state index < -0.39 is 0 Å². The first-order chi connectivity index (χ1) is 11.8. The molecule has 3 heteroatoms. The molecule has 1 aromatic rings. The van der Waals surface area contributed by atoms with Gasteiger partial charge in [-0.05, 0) is 37.0 Å². The summed E-state index contributed by atoms with van der Waals surface area (Å²) in [6, 6.07) is 8.14. The molecule has 0 aliphatic heterocycles. The maximum absolute atomic E-state index is 11.9. The van der Waals surface area contributed by atoms with E-state index in [2.05, 4.69) is 36.6 Å². The summed E-state index contributed by atoms with van der Waals surface area (Å²) in [6.45, 7) is 5.22. The summed E-state index contributed by atoms with van der Waals surface area (Å²) in [6.07, 6.45) is 13.7. The fraction of sp³-hybridized carbons (Fsp3) is 0.667. The molecule has 0 radical (unpaired) electrons. The number of amides is 2. The molecule has 0 unspecified atom stereocenters. The van der Waals surface area contributed by atoms with Crippen molar-refractivity contribution in [2.45, 2.75) is 84.5 Å². The highest BCUT2D eigenvalue weighted by atomic mass is 16.2. The van der Waals surface area contributed by atoms with Crippen LogP contribution in [-0.2, 0) is 6.42 Å². The molecular formula is C21H36N2O. The monoisotopic (exact) mass is 332 g/mol. The summed E-state index contributed by atoms with van der Waals surface area (Å²) < 4.78 is 0. The van der Waals surface area contributed by atoms with Gasteiger partial charge in [0.25, 0.3) is 0 Å². The number of unbranched alkanes of at least 4 members (excludes halogenated alkanes) is 8. The fourth-order valence-corrected chi connectivity index (χ4v) is 2.79. The number of carbonyl (C=O) groups is 1. The molecule has 24 heavy (non-hydrogen) atoms. The van der Waals surface area contributed by atoms with Crippen molar-refractivity contribution < 1.29 is 4.79 Å². The zero-order chi connectivity index (χ0) is 17.5. The third kappa shape index (κ3) is 10.3. The standard InChI is InChI=1S/C21H36N2O/c1-3-5-7-9-10-12-18-22-21(24)23-20-16-14-19(15-17-20)13-11-8-6-4-2/h14-17H,3-13,18H2,1-2H3,(H2,22,23,24). The molecule has 136 valence electrons. The zero-order valence-corrected chi connectivity index (χ0v) is 15.7. The molecule has 0 aliphatic carbocycles. The van der Waals surface area contributed by atoms with E-state index in [-0.39, 0.29) is 6.03 Å². The van der Waals surface area contributed by atoms with Crippen LogP contribution in [0, 0.1) is 0 Å². The molecule has 0 saturated carbocycles. The summed E-state index contributed by atoms with van der Waals surface area (Å²) in [4.78, 5) is 11.9. The minimum absolute atomic E-state index is 0.0979. The van der Waals surface area contributed by atoms with Crippen molar-refractivity contribution in [2.24, 2.45) is 0 Å². The van der Waals surface area contributed by atoms with Crippen molar-refractivity contribution in [3.8, 4) is 0 Å². The van der Waals surface area contributed by atoms with Crippen LogP contribution in [0.2, 0.25) is 0 Å². The lowest BCUT2D eigenvalue weighted by Crippen LogP contribution is -2.29. The Balaban J connectivity index is 2.13. The lowest BCUT2D eigenvalue weighted by Gasteiger charge is -2.08. The van der Waals surface area contributed by atoms with Crippen LogP contribution >= 0.6 is 0 Å². The average molecular weight is 333 g/mol. The second-order valence-electron chi connectivity index (χ2n) is 6.66. The van der Waals surface area contributed by atoms with Gasteiger partial charge in [0.1, 0.15) is 0 Å². The molecule has 3 nitrogen and oxygen atoms in total. The summed E-state index contributed by atoms with van der Waals surface area (Å²) in [5, 5.41) is 5.84. The van der Waals surface area contributed by atoms with Gasteiger partial charge in [-0.2, -0.15) is 0 Å². The van der Waals surface area contributed by atoms with Gasteiger partial charge in [-0.25, -0.2) is 4.79 Å². The highest BCUT2D eigenvalue weighted by Crippen LogP contribution is 2.12. The normalized spacial score (nSPS) is 10.6. The Labute approximate surface area is 148 Å². The Hall–Kier alpha value is -1.51. The molecule has 0 aromatic heterocycles. The molecule has 2 amide bonds. The van der Waals surface area contributed by atoms with Gasteiger partial charge in [0, 0.05) is 12.2 Å². The van der Waals surface area contributed by atoms with Gasteiger partial charge in [0.2, 0.25) is 0 Å². The van der Waals surface area contributed by atoms with E-state index in [1.165, 1.54) is 63.4 Å². The second kappa shape index (κ2) is 13.9. The minimum Gasteiger partial charge on any atom is -0.338 e. The average Bonchev–Trinajstić information content (AvgIpc) is 2.59. The Morgan fingerprint density at radius 1 is 0.792 bits per heavy atom. The van der Waals surface area contributed by atoms with E-state index >= 15 is 0 Å². The molecule has 0 fully saturated rings. The molecule has 0 saturated heterocycles. The number of hydrogen-bond acceptors (Lipinski definition) is 1. The number of nitrogens with one attached hydrogen (secondary N) is 2. The predicted octanol–water partition coefficient (Wildman–Crippen LogP) is 6.29. The van der Waals surface area contributed by atoms with Crippen molar-refractivity contribution >= 4 is 11.7 Å². The second-order valence-corrected chi connectivity index (χ2v) is 6.66. The summed E-state index contributed by atoms with van der Waals surface area (Å²) in [5.41, 5.74) is 2.22. The number of urea groups is 1. The van der Waals surface area contributed by atoms with Crippen LogP contribution in [0.25, 0.3) is 0 Å². The van der Waals surface area contributed by atoms with Crippen LogP contribution < -0.4 is 10.6 Å². The molecule has 1 rings (SSSR count). The Morgan fingerprint density at radius 2 is 1.38 bits per heavy atom. The third-order valence-electron chi connectivity index (χ3n) is 4.35. The van der Waals surface area contributed by atoms with Crippen molar-refractivity contribution in [3.63, 3.8) is 0 Å². The number of carbonyl (C=O) groups excluding carboxylic acids is 1. The molecule has 0 heterocycles. The molecule has 1 aromatic carbocycles. The zero-order valence-electron chi connectivity index (χ0n) is 15.7. The van der Waals surface area contributed by atoms with Gasteiger partial charge in [0.05, 0.1) is 0 Å². The highest BCUT2D eigenvalue weighted by molar-refractivity contribution is 5.89. The van der Waals surface area contributed by atoms with Gasteiger partial charge >= 0.3 is 6.03 Å². The third-order valence-corrected chi connectivity index (χ3v) is 4.35. The Kier molecular flexibility index (Phi) is 11.9. The molecular weight excluding hydrogens is 296 g/mol. The van der Waals surface area contributed by atoms with Gasteiger partial charge in [0.15, 0.2) is 0 Å².